The van der Waals surface area contributed by atoms with E-state index < -0.39 is 22.1 Å². The van der Waals surface area contributed by atoms with E-state index in [4.69, 9.17) is 16.3 Å². The summed E-state index contributed by atoms with van der Waals surface area (Å²) in [6, 6.07) is 9.24. The van der Waals surface area contributed by atoms with Gasteiger partial charge in [-0.2, -0.15) is 0 Å². The molecule has 2 aromatic rings. The van der Waals surface area contributed by atoms with Crippen LogP contribution in [0.15, 0.2) is 41.3 Å². The monoisotopic (exact) mass is 421 g/mol. The van der Waals surface area contributed by atoms with Crippen LogP contribution in [0.1, 0.15) is 45.2 Å². The predicted octanol–water partition coefficient (Wildman–Crippen LogP) is 3.17. The Kier molecular flexibility index (Phi) is 5.88. The Morgan fingerprint density at radius 2 is 1.82 bits per heavy atom. The Bertz CT molecular complexity index is 1050. The van der Waals surface area contributed by atoms with Gasteiger partial charge in [0, 0.05) is 5.56 Å². The fourth-order valence-electron chi connectivity index (χ4n) is 3.18. The average Bonchev–Trinajstić information content (AvgIpc) is 3.15. The lowest BCUT2D eigenvalue weighted by molar-refractivity contribution is 0.0318. The third kappa shape index (κ3) is 4.11. The highest BCUT2D eigenvalue weighted by molar-refractivity contribution is 7.89. The van der Waals surface area contributed by atoms with Gasteiger partial charge in [-0.3, -0.25) is 4.79 Å². The van der Waals surface area contributed by atoms with Gasteiger partial charge in [0.05, 0.1) is 15.5 Å². The Morgan fingerprint density at radius 3 is 2.54 bits per heavy atom. The number of sulfonamides is 1. The lowest BCUT2D eigenvalue weighted by atomic mass is 10.0. The molecule has 6 nitrogen and oxygen atoms in total. The van der Waals surface area contributed by atoms with Gasteiger partial charge < -0.3 is 4.74 Å². The molecule has 0 aliphatic heterocycles. The van der Waals surface area contributed by atoms with E-state index in [1.807, 2.05) is 12.1 Å². The zero-order valence-electron chi connectivity index (χ0n) is 15.5. The van der Waals surface area contributed by atoms with Crippen molar-refractivity contribution in [3.8, 4) is 0 Å². The van der Waals surface area contributed by atoms with Crippen molar-refractivity contribution >= 4 is 33.4 Å². The molecule has 1 atom stereocenters. The Morgan fingerprint density at radius 1 is 1.11 bits per heavy atom. The van der Waals surface area contributed by atoms with Gasteiger partial charge in [0.15, 0.2) is 6.10 Å². The molecule has 0 aromatic heterocycles. The normalized spacial score (nSPS) is 14.4. The van der Waals surface area contributed by atoms with Gasteiger partial charge in [0.2, 0.25) is 15.8 Å². The highest BCUT2D eigenvalue weighted by atomic mass is 35.5. The van der Waals surface area contributed by atoms with Crippen LogP contribution in [0.2, 0.25) is 5.02 Å². The van der Waals surface area contributed by atoms with Crippen molar-refractivity contribution < 1.29 is 22.7 Å². The lowest BCUT2D eigenvalue weighted by Crippen LogP contribution is -2.25. The first-order valence-corrected chi connectivity index (χ1v) is 10.7. The highest BCUT2D eigenvalue weighted by Crippen LogP contribution is 2.25. The van der Waals surface area contributed by atoms with Crippen molar-refractivity contribution in [2.24, 2.45) is 0 Å². The zero-order chi connectivity index (χ0) is 20.5. The number of ketones is 1. The van der Waals surface area contributed by atoms with Gasteiger partial charge in [-0.1, -0.05) is 23.7 Å². The molecule has 0 bridgehead atoms. The van der Waals surface area contributed by atoms with E-state index in [0.717, 1.165) is 30.9 Å². The Balaban J connectivity index is 1.79. The van der Waals surface area contributed by atoms with E-state index in [1.165, 1.54) is 31.7 Å². The largest absolute Gasteiger partial charge is 0.451 e. The second-order valence-corrected chi connectivity index (χ2v) is 8.89. The third-order valence-electron chi connectivity index (χ3n) is 4.77. The summed E-state index contributed by atoms with van der Waals surface area (Å²) in [6.45, 7) is 1.48. The van der Waals surface area contributed by atoms with E-state index >= 15 is 0 Å². The molecule has 0 saturated carbocycles. The number of benzene rings is 2. The van der Waals surface area contributed by atoms with Crippen LogP contribution in [0, 0.1) is 0 Å². The smallest absolute Gasteiger partial charge is 0.340 e. The number of carbonyl (C=O) groups excluding carboxylic acids is 2. The number of aryl methyl sites for hydroxylation is 2. The van der Waals surface area contributed by atoms with Crippen molar-refractivity contribution in [1.29, 1.82) is 0 Å². The minimum atomic E-state index is -3.75. The van der Waals surface area contributed by atoms with Gasteiger partial charge in [-0.25, -0.2) is 17.9 Å². The number of carbonyl (C=O) groups is 2. The summed E-state index contributed by atoms with van der Waals surface area (Å²) in [5.41, 5.74) is 2.76. The van der Waals surface area contributed by atoms with Crippen LogP contribution in [-0.2, 0) is 27.6 Å². The maximum atomic E-state index is 12.7. The van der Waals surface area contributed by atoms with Crippen LogP contribution in [-0.4, -0.2) is 33.3 Å². The summed E-state index contributed by atoms with van der Waals surface area (Å²) in [5.74, 6) is -1.18. The van der Waals surface area contributed by atoms with E-state index in [0.29, 0.717) is 5.56 Å². The van der Waals surface area contributed by atoms with Crippen molar-refractivity contribution in [3.63, 3.8) is 0 Å². The molecule has 0 radical (unpaired) electrons. The standard InChI is InChI=1S/C20H20ClNO5S/c1-12(19(23)15-7-6-13-4-3-5-14(13)10-15)27-20(24)17-11-16(8-9-18(17)21)28(25,26)22-2/h6-12,22H,3-5H2,1-2H3. The fourth-order valence-corrected chi connectivity index (χ4v) is 4.13. The molecular weight excluding hydrogens is 402 g/mol. The molecule has 3 rings (SSSR count). The van der Waals surface area contributed by atoms with Gasteiger partial charge in [0.25, 0.3) is 0 Å². The third-order valence-corrected chi connectivity index (χ3v) is 6.51. The van der Waals surface area contributed by atoms with E-state index in [1.54, 1.807) is 6.07 Å². The first-order chi connectivity index (χ1) is 13.2. The molecule has 1 unspecified atom stereocenters. The fraction of sp³-hybridized carbons (Fsp3) is 0.300. The predicted molar refractivity (Wildman–Crippen MR) is 105 cm³/mol. The van der Waals surface area contributed by atoms with Crippen molar-refractivity contribution in [2.75, 3.05) is 7.05 Å². The van der Waals surface area contributed by atoms with Gasteiger partial charge in [-0.05, 0) is 68.6 Å². The molecule has 0 fully saturated rings. The lowest BCUT2D eigenvalue weighted by Gasteiger charge is -2.14. The maximum Gasteiger partial charge on any atom is 0.340 e. The average molecular weight is 422 g/mol. The number of Topliss-reactive ketones (excluding diaryl/α,β-unsaturated/α-hetero) is 1. The van der Waals surface area contributed by atoms with E-state index in [9.17, 15) is 18.0 Å². The summed E-state index contributed by atoms with van der Waals surface area (Å²) < 4.78 is 31.3. The SMILES string of the molecule is CNS(=O)(=O)c1ccc(Cl)c(C(=O)OC(C)C(=O)c2ccc3c(c2)CCC3)c1. The van der Waals surface area contributed by atoms with Gasteiger partial charge in [0.1, 0.15) is 0 Å². The summed E-state index contributed by atoms with van der Waals surface area (Å²) in [4.78, 5) is 25.0. The Labute approximate surface area is 168 Å². The maximum absolute atomic E-state index is 12.7. The van der Waals surface area contributed by atoms with E-state index in [-0.39, 0.29) is 21.3 Å². The second-order valence-electron chi connectivity index (χ2n) is 6.60. The zero-order valence-corrected chi connectivity index (χ0v) is 17.1. The first-order valence-electron chi connectivity index (χ1n) is 8.83. The number of hydrogen-bond donors (Lipinski definition) is 1. The molecule has 2 aromatic carbocycles. The molecule has 0 spiro atoms. The first kappa shape index (κ1) is 20.5. The molecular formula is C20H20ClNO5S. The molecule has 1 N–H and O–H groups in total. The number of halogens is 1. The van der Waals surface area contributed by atoms with Gasteiger partial charge >= 0.3 is 5.97 Å². The molecule has 0 heterocycles. The molecule has 1 aliphatic rings. The van der Waals surface area contributed by atoms with Crippen molar-refractivity contribution in [1.82, 2.24) is 4.72 Å². The summed E-state index contributed by atoms with van der Waals surface area (Å²) in [5, 5.41) is 0.0391. The van der Waals surface area contributed by atoms with E-state index in [2.05, 4.69) is 4.72 Å². The number of nitrogens with one attached hydrogen (secondary N) is 1. The minimum absolute atomic E-state index is 0.0391. The summed E-state index contributed by atoms with van der Waals surface area (Å²) in [6.07, 6.45) is 1.99. The number of esters is 1. The number of fused-ring (bicyclic) bond motifs is 1. The van der Waals surface area contributed by atoms with Crippen LogP contribution in [0.5, 0.6) is 0 Å². The highest BCUT2D eigenvalue weighted by Gasteiger charge is 2.24. The van der Waals surface area contributed by atoms with Crippen LogP contribution in [0.4, 0.5) is 0 Å². The number of ether oxygens (including phenoxy) is 1. The van der Waals surface area contributed by atoms with Crippen molar-refractivity contribution in [2.45, 2.75) is 37.2 Å². The quantitative estimate of drug-likeness (QED) is 0.571. The van der Waals surface area contributed by atoms with Crippen molar-refractivity contribution in [3.05, 3.63) is 63.7 Å². The van der Waals surface area contributed by atoms with Crippen LogP contribution < -0.4 is 4.72 Å². The molecule has 148 valence electrons. The minimum Gasteiger partial charge on any atom is -0.451 e. The van der Waals surface area contributed by atoms with Crippen LogP contribution >= 0.6 is 11.6 Å². The van der Waals surface area contributed by atoms with Crippen LogP contribution in [0.3, 0.4) is 0 Å². The van der Waals surface area contributed by atoms with Gasteiger partial charge in [-0.15, -0.1) is 0 Å². The molecule has 28 heavy (non-hydrogen) atoms. The number of rotatable bonds is 6. The molecule has 0 amide bonds. The second kappa shape index (κ2) is 8.03. The topological polar surface area (TPSA) is 89.5 Å². The Hall–Kier alpha value is -2.22. The van der Waals surface area contributed by atoms with Crippen LogP contribution in [0.25, 0.3) is 0 Å². The summed E-state index contributed by atoms with van der Waals surface area (Å²) >= 11 is 6.03. The molecule has 8 heteroatoms. The molecule has 1 aliphatic carbocycles. The number of hydrogen-bond acceptors (Lipinski definition) is 5. The molecule has 0 saturated heterocycles. The summed E-state index contributed by atoms with van der Waals surface area (Å²) in [7, 11) is -2.48.